The molecule has 0 saturated heterocycles. The Bertz CT molecular complexity index is 1110. The highest BCUT2D eigenvalue weighted by molar-refractivity contribution is 6.29. The van der Waals surface area contributed by atoms with Crippen LogP contribution >= 0.6 is 11.6 Å². The molecule has 0 aliphatic heterocycles. The molecule has 0 aromatic heterocycles. The molecule has 0 aliphatic carbocycles. The summed E-state index contributed by atoms with van der Waals surface area (Å²) in [6, 6.07) is 23.9. The molecule has 3 aromatic carbocycles. The first-order chi connectivity index (χ1) is 17.0. The number of halogens is 1. The number of rotatable bonds is 11. The van der Waals surface area contributed by atoms with Crippen LogP contribution in [0.25, 0.3) is 0 Å². The molecule has 35 heavy (non-hydrogen) atoms. The number of amides is 3. The molecule has 0 saturated carbocycles. The van der Waals surface area contributed by atoms with Gasteiger partial charge in [0.1, 0.15) is 11.9 Å². The van der Waals surface area contributed by atoms with Crippen molar-refractivity contribution in [1.82, 2.24) is 10.6 Å². The second kappa shape index (κ2) is 13.3. The number of nitrogens with one attached hydrogen (secondary N) is 3. The molecule has 0 fully saturated rings. The summed E-state index contributed by atoms with van der Waals surface area (Å²) in [7, 11) is 0. The van der Waals surface area contributed by atoms with E-state index in [9.17, 15) is 19.5 Å². The average molecular weight is 494 g/mol. The molecule has 3 amide bonds. The summed E-state index contributed by atoms with van der Waals surface area (Å²) in [6.45, 7) is -0.234. The van der Waals surface area contributed by atoms with Gasteiger partial charge in [0.2, 0.25) is 11.8 Å². The van der Waals surface area contributed by atoms with Crippen LogP contribution in [-0.2, 0) is 22.4 Å². The standard InChI is InChI=1S/C27H28ClN3O4/c28-17-25(33)29-22-13-11-21(12-14-22)26(34)31-24(16-20-9-5-2-6-10-20)27(35)30-23(18-32)15-19-7-3-1-4-8-19/h1-14,23-24,32H,15-18H2,(H,29,33)(H,30,35)(H,31,34)/t23-,24-/m0/s1. The Hall–Kier alpha value is -3.68. The molecule has 0 heterocycles. The van der Waals surface area contributed by atoms with Crippen LogP contribution in [0.5, 0.6) is 0 Å². The predicted octanol–water partition coefficient (Wildman–Crippen LogP) is 2.92. The van der Waals surface area contributed by atoms with Gasteiger partial charge in [0.25, 0.3) is 5.91 Å². The van der Waals surface area contributed by atoms with Gasteiger partial charge in [0.15, 0.2) is 0 Å². The van der Waals surface area contributed by atoms with Gasteiger partial charge in [0, 0.05) is 17.7 Å². The third-order valence-corrected chi connectivity index (χ3v) is 5.59. The lowest BCUT2D eigenvalue weighted by atomic mass is 10.0. The van der Waals surface area contributed by atoms with Crippen LogP contribution in [0.4, 0.5) is 5.69 Å². The van der Waals surface area contributed by atoms with E-state index in [1.165, 1.54) is 0 Å². The molecule has 0 unspecified atom stereocenters. The number of hydrogen-bond donors (Lipinski definition) is 4. The molecule has 0 aliphatic rings. The van der Waals surface area contributed by atoms with Crippen LogP contribution in [0.3, 0.4) is 0 Å². The van der Waals surface area contributed by atoms with Gasteiger partial charge in [-0.25, -0.2) is 0 Å². The Balaban J connectivity index is 1.71. The lowest BCUT2D eigenvalue weighted by molar-refractivity contribution is -0.124. The number of hydrogen-bond acceptors (Lipinski definition) is 4. The number of benzene rings is 3. The summed E-state index contributed by atoms with van der Waals surface area (Å²) in [5.41, 5.74) is 2.72. The van der Waals surface area contributed by atoms with E-state index in [2.05, 4.69) is 16.0 Å². The molecular formula is C27H28ClN3O4. The Labute approximate surface area is 209 Å². The summed E-state index contributed by atoms with van der Waals surface area (Å²) in [6.07, 6.45) is 0.746. The summed E-state index contributed by atoms with van der Waals surface area (Å²) in [4.78, 5) is 37.6. The van der Waals surface area contributed by atoms with Gasteiger partial charge in [0.05, 0.1) is 12.6 Å². The second-order valence-electron chi connectivity index (χ2n) is 8.05. The van der Waals surface area contributed by atoms with E-state index in [4.69, 9.17) is 11.6 Å². The fraction of sp³-hybridized carbons (Fsp3) is 0.222. The zero-order valence-electron chi connectivity index (χ0n) is 19.1. The number of alkyl halides is 1. The van der Waals surface area contributed by atoms with Gasteiger partial charge < -0.3 is 21.1 Å². The Morgan fingerprint density at radius 2 is 1.34 bits per heavy atom. The molecule has 2 atom stereocenters. The number of carbonyl (C=O) groups is 3. The average Bonchev–Trinajstić information content (AvgIpc) is 2.89. The molecule has 0 bridgehead atoms. The van der Waals surface area contributed by atoms with Crippen LogP contribution in [0, 0.1) is 0 Å². The molecule has 3 aromatic rings. The maximum atomic E-state index is 13.2. The van der Waals surface area contributed by atoms with Crippen LogP contribution in [0.15, 0.2) is 84.9 Å². The number of carbonyl (C=O) groups excluding carboxylic acids is 3. The van der Waals surface area contributed by atoms with Crippen molar-refractivity contribution in [2.75, 3.05) is 17.8 Å². The topological polar surface area (TPSA) is 108 Å². The van der Waals surface area contributed by atoms with E-state index in [-0.39, 0.29) is 30.7 Å². The van der Waals surface area contributed by atoms with Crippen molar-refractivity contribution in [3.05, 3.63) is 102 Å². The fourth-order valence-electron chi connectivity index (χ4n) is 3.56. The van der Waals surface area contributed by atoms with Gasteiger partial charge in [-0.2, -0.15) is 0 Å². The Kier molecular flexibility index (Phi) is 9.83. The van der Waals surface area contributed by atoms with Gasteiger partial charge in [-0.1, -0.05) is 60.7 Å². The van der Waals surface area contributed by atoms with E-state index in [0.717, 1.165) is 11.1 Å². The van der Waals surface area contributed by atoms with Gasteiger partial charge in [-0.15, -0.1) is 11.6 Å². The molecule has 8 heteroatoms. The predicted molar refractivity (Wildman–Crippen MR) is 136 cm³/mol. The summed E-state index contributed by atoms with van der Waals surface area (Å²) >= 11 is 5.50. The van der Waals surface area contributed by atoms with E-state index >= 15 is 0 Å². The summed E-state index contributed by atoms with van der Waals surface area (Å²) < 4.78 is 0. The Morgan fingerprint density at radius 1 is 0.771 bits per heavy atom. The normalized spacial score (nSPS) is 12.3. The maximum Gasteiger partial charge on any atom is 0.251 e. The van der Waals surface area contributed by atoms with Crippen LogP contribution < -0.4 is 16.0 Å². The van der Waals surface area contributed by atoms with E-state index < -0.39 is 18.0 Å². The zero-order chi connectivity index (χ0) is 25.0. The van der Waals surface area contributed by atoms with Crippen molar-refractivity contribution in [1.29, 1.82) is 0 Å². The quantitative estimate of drug-likeness (QED) is 0.308. The first-order valence-corrected chi connectivity index (χ1v) is 11.8. The third-order valence-electron chi connectivity index (χ3n) is 5.35. The van der Waals surface area contributed by atoms with Gasteiger partial charge in [-0.3, -0.25) is 14.4 Å². The zero-order valence-corrected chi connectivity index (χ0v) is 19.9. The minimum absolute atomic E-state index is 0.169. The highest BCUT2D eigenvalue weighted by Crippen LogP contribution is 2.11. The highest BCUT2D eigenvalue weighted by Gasteiger charge is 2.24. The third kappa shape index (κ3) is 8.24. The monoisotopic (exact) mass is 493 g/mol. The molecule has 7 nitrogen and oxygen atoms in total. The summed E-state index contributed by atoms with van der Waals surface area (Å²) in [5, 5.41) is 18.1. The van der Waals surface area contributed by atoms with E-state index in [1.807, 2.05) is 60.7 Å². The lowest BCUT2D eigenvalue weighted by Gasteiger charge is -2.23. The summed E-state index contributed by atoms with van der Waals surface area (Å²) in [5.74, 6) is -1.34. The van der Waals surface area contributed by atoms with Gasteiger partial charge >= 0.3 is 0 Å². The molecule has 3 rings (SSSR count). The second-order valence-corrected chi connectivity index (χ2v) is 8.32. The van der Waals surface area contributed by atoms with Crippen LogP contribution in [0.1, 0.15) is 21.5 Å². The van der Waals surface area contributed by atoms with E-state index in [1.54, 1.807) is 24.3 Å². The fourth-order valence-corrected chi connectivity index (χ4v) is 3.63. The molecule has 0 radical (unpaired) electrons. The van der Waals surface area contributed by atoms with Crippen molar-refractivity contribution < 1.29 is 19.5 Å². The Morgan fingerprint density at radius 3 is 1.89 bits per heavy atom. The number of aliphatic hydroxyl groups excluding tert-OH is 1. The maximum absolute atomic E-state index is 13.2. The van der Waals surface area contributed by atoms with Crippen molar-refractivity contribution >= 4 is 35.0 Å². The molecule has 182 valence electrons. The minimum atomic E-state index is -0.856. The van der Waals surface area contributed by atoms with Crippen molar-refractivity contribution in [2.24, 2.45) is 0 Å². The molecule has 4 N–H and O–H groups in total. The van der Waals surface area contributed by atoms with Crippen molar-refractivity contribution in [2.45, 2.75) is 24.9 Å². The van der Waals surface area contributed by atoms with Crippen molar-refractivity contribution in [3.63, 3.8) is 0 Å². The number of aliphatic hydroxyl groups is 1. The van der Waals surface area contributed by atoms with Crippen LogP contribution in [-0.4, -0.2) is 47.4 Å². The minimum Gasteiger partial charge on any atom is -0.394 e. The largest absolute Gasteiger partial charge is 0.394 e. The van der Waals surface area contributed by atoms with Gasteiger partial charge in [-0.05, 0) is 41.8 Å². The van der Waals surface area contributed by atoms with Crippen molar-refractivity contribution in [3.8, 4) is 0 Å². The SMILES string of the molecule is O=C(CCl)Nc1ccc(C(=O)N[C@@H](Cc2ccccc2)C(=O)N[C@H](CO)Cc2ccccc2)cc1. The first kappa shape index (κ1) is 25.9. The van der Waals surface area contributed by atoms with Crippen LogP contribution in [0.2, 0.25) is 0 Å². The molecular weight excluding hydrogens is 466 g/mol. The molecule has 0 spiro atoms. The number of anilines is 1. The first-order valence-electron chi connectivity index (χ1n) is 11.2. The van der Waals surface area contributed by atoms with E-state index in [0.29, 0.717) is 17.7 Å². The highest BCUT2D eigenvalue weighted by atomic mass is 35.5. The smallest absolute Gasteiger partial charge is 0.251 e. The lowest BCUT2D eigenvalue weighted by Crippen LogP contribution is -2.52.